The predicted molar refractivity (Wildman–Crippen MR) is 90.1 cm³/mol. The van der Waals surface area contributed by atoms with Crippen LogP contribution < -0.4 is 10.2 Å². The molecular weight excluding hydrogens is 290 g/mol. The van der Waals surface area contributed by atoms with Crippen molar-refractivity contribution in [1.29, 1.82) is 0 Å². The molecule has 0 aliphatic carbocycles. The van der Waals surface area contributed by atoms with Crippen LogP contribution in [0, 0.1) is 0 Å². The topological polar surface area (TPSA) is 53.9 Å². The Morgan fingerprint density at radius 1 is 1.22 bits per heavy atom. The van der Waals surface area contributed by atoms with Crippen molar-refractivity contribution in [3.05, 3.63) is 35.4 Å². The highest BCUT2D eigenvalue weighted by atomic mass is 16.2. The van der Waals surface area contributed by atoms with Gasteiger partial charge in [-0.3, -0.25) is 4.79 Å². The minimum atomic E-state index is -0.342. The van der Waals surface area contributed by atoms with E-state index >= 15 is 0 Å². The van der Waals surface area contributed by atoms with Gasteiger partial charge in [0.2, 0.25) is 0 Å². The summed E-state index contributed by atoms with van der Waals surface area (Å²) in [4.78, 5) is 26.7. The van der Waals surface area contributed by atoms with Gasteiger partial charge in [0.25, 0.3) is 5.91 Å². The number of hydrogen-bond acceptors (Lipinski definition) is 2. The van der Waals surface area contributed by atoms with Gasteiger partial charge in [-0.1, -0.05) is 51.5 Å². The molecular formula is C18H28N3O2+. The quantitative estimate of drug-likeness (QED) is 0.749. The number of nitrogens with zero attached hydrogens (tertiary/aromatic N) is 1. The van der Waals surface area contributed by atoms with E-state index in [2.05, 4.69) is 43.4 Å². The fourth-order valence-corrected chi connectivity index (χ4v) is 2.91. The number of urea groups is 1. The van der Waals surface area contributed by atoms with Crippen molar-refractivity contribution >= 4 is 11.9 Å². The van der Waals surface area contributed by atoms with Crippen LogP contribution in [0.2, 0.25) is 0 Å². The average molecular weight is 318 g/mol. The summed E-state index contributed by atoms with van der Waals surface area (Å²) in [6.07, 6.45) is 1.59. The highest BCUT2D eigenvalue weighted by molar-refractivity contribution is 6.03. The Bertz CT molecular complexity index is 554. The minimum Gasteiger partial charge on any atom is -0.326 e. The maximum Gasteiger partial charge on any atom is 0.329 e. The van der Waals surface area contributed by atoms with Gasteiger partial charge in [0.15, 0.2) is 6.67 Å². The molecule has 23 heavy (non-hydrogen) atoms. The zero-order valence-corrected chi connectivity index (χ0v) is 14.6. The molecule has 5 heteroatoms. The van der Waals surface area contributed by atoms with Gasteiger partial charge >= 0.3 is 6.03 Å². The minimum absolute atomic E-state index is 0.0913. The maximum atomic E-state index is 12.2. The van der Waals surface area contributed by atoms with Crippen LogP contribution >= 0.6 is 0 Å². The molecule has 1 aliphatic heterocycles. The van der Waals surface area contributed by atoms with Crippen molar-refractivity contribution in [3.63, 3.8) is 0 Å². The standard InChI is InChI=1S/C18H27N3O2/c1-5-6-16-17(22)21(18(23)19-16)12-20(4)11-14-7-9-15(10-8-14)13(2)3/h7-10,13,16H,5-6,11-12H2,1-4H3,(H,19,23)/p+1/t16-/m0/s1. The largest absolute Gasteiger partial charge is 0.329 e. The Labute approximate surface area is 138 Å². The van der Waals surface area contributed by atoms with Gasteiger partial charge < -0.3 is 10.2 Å². The third-order valence-electron chi connectivity index (χ3n) is 4.26. The molecule has 0 bridgehead atoms. The van der Waals surface area contributed by atoms with Crippen LogP contribution in [0.4, 0.5) is 4.79 Å². The van der Waals surface area contributed by atoms with Crippen molar-refractivity contribution in [2.75, 3.05) is 13.7 Å². The zero-order chi connectivity index (χ0) is 17.0. The molecule has 2 atom stereocenters. The summed E-state index contributed by atoms with van der Waals surface area (Å²) in [7, 11) is 2.00. The van der Waals surface area contributed by atoms with Crippen molar-refractivity contribution in [2.24, 2.45) is 0 Å². The lowest BCUT2D eigenvalue weighted by Gasteiger charge is -2.19. The fourth-order valence-electron chi connectivity index (χ4n) is 2.91. The molecule has 126 valence electrons. The van der Waals surface area contributed by atoms with Gasteiger partial charge in [0.05, 0.1) is 7.05 Å². The van der Waals surface area contributed by atoms with Crippen LogP contribution in [0.15, 0.2) is 24.3 Å². The molecule has 1 aromatic rings. The second-order valence-electron chi connectivity index (χ2n) is 6.75. The molecule has 1 heterocycles. The first kappa shape index (κ1) is 17.5. The van der Waals surface area contributed by atoms with E-state index in [-0.39, 0.29) is 18.0 Å². The van der Waals surface area contributed by atoms with E-state index < -0.39 is 0 Å². The second kappa shape index (κ2) is 7.59. The maximum absolute atomic E-state index is 12.2. The molecule has 0 radical (unpaired) electrons. The molecule has 2 N–H and O–H groups in total. The predicted octanol–water partition coefficient (Wildman–Crippen LogP) is 1.50. The summed E-state index contributed by atoms with van der Waals surface area (Å²) in [5.74, 6) is 0.432. The number of quaternary nitrogens is 1. The Hall–Kier alpha value is -1.88. The molecule has 0 spiro atoms. The van der Waals surface area contributed by atoms with E-state index in [0.29, 0.717) is 19.0 Å². The van der Waals surface area contributed by atoms with E-state index in [1.807, 2.05) is 14.0 Å². The molecule has 0 saturated carbocycles. The Morgan fingerprint density at radius 3 is 2.43 bits per heavy atom. The molecule has 1 aliphatic rings. The summed E-state index contributed by atoms with van der Waals surface area (Å²) in [6.45, 7) is 7.55. The Kier molecular flexibility index (Phi) is 5.77. The molecule has 0 aromatic heterocycles. The van der Waals surface area contributed by atoms with Gasteiger partial charge in [-0.2, -0.15) is 0 Å². The van der Waals surface area contributed by atoms with Crippen LogP contribution in [0.3, 0.4) is 0 Å². The summed E-state index contributed by atoms with van der Waals surface area (Å²) in [5, 5.41) is 2.77. The smallest absolute Gasteiger partial charge is 0.326 e. The number of nitrogens with one attached hydrogen (secondary N) is 2. The number of imide groups is 1. The van der Waals surface area contributed by atoms with Crippen LogP contribution in [0.25, 0.3) is 0 Å². The summed E-state index contributed by atoms with van der Waals surface area (Å²) in [5.41, 5.74) is 2.53. The molecule has 1 saturated heterocycles. The number of benzene rings is 1. The SMILES string of the molecule is CCC[C@@H]1NC(=O)N(C[NH+](C)Cc2ccc(C(C)C)cc2)C1=O. The number of amides is 3. The average Bonchev–Trinajstić information content (AvgIpc) is 2.76. The fraction of sp³-hybridized carbons (Fsp3) is 0.556. The monoisotopic (exact) mass is 318 g/mol. The molecule has 5 nitrogen and oxygen atoms in total. The number of hydrogen-bond donors (Lipinski definition) is 2. The van der Waals surface area contributed by atoms with Gasteiger partial charge in [-0.05, 0) is 17.9 Å². The first-order valence-corrected chi connectivity index (χ1v) is 8.44. The molecule has 2 rings (SSSR count). The molecule has 1 unspecified atom stereocenters. The lowest BCUT2D eigenvalue weighted by Crippen LogP contribution is -3.09. The van der Waals surface area contributed by atoms with Crippen molar-refractivity contribution in [3.8, 4) is 0 Å². The van der Waals surface area contributed by atoms with Crippen LogP contribution in [-0.2, 0) is 11.3 Å². The van der Waals surface area contributed by atoms with Crippen molar-refractivity contribution in [1.82, 2.24) is 10.2 Å². The normalized spacial score (nSPS) is 19.3. The van der Waals surface area contributed by atoms with Crippen LogP contribution in [-0.4, -0.2) is 36.6 Å². The molecule has 3 amide bonds. The van der Waals surface area contributed by atoms with Crippen molar-refractivity contribution < 1.29 is 14.5 Å². The third kappa shape index (κ3) is 4.32. The van der Waals surface area contributed by atoms with Crippen molar-refractivity contribution in [2.45, 2.75) is 52.1 Å². The summed E-state index contributed by atoms with van der Waals surface area (Å²) in [6, 6.07) is 7.96. The van der Waals surface area contributed by atoms with Crippen LogP contribution in [0.1, 0.15) is 50.7 Å². The van der Waals surface area contributed by atoms with Crippen LogP contribution in [0.5, 0.6) is 0 Å². The lowest BCUT2D eigenvalue weighted by atomic mass is 10.0. The van der Waals surface area contributed by atoms with Gasteiger partial charge in [-0.25, -0.2) is 9.69 Å². The first-order valence-electron chi connectivity index (χ1n) is 8.44. The number of rotatable bonds is 7. The highest BCUT2D eigenvalue weighted by Gasteiger charge is 2.38. The zero-order valence-electron chi connectivity index (χ0n) is 14.6. The Balaban J connectivity index is 1.92. The van der Waals surface area contributed by atoms with E-state index in [1.165, 1.54) is 16.0 Å². The summed E-state index contributed by atoms with van der Waals surface area (Å²) < 4.78 is 0. The van der Waals surface area contributed by atoms with Gasteiger partial charge in [0.1, 0.15) is 12.6 Å². The Morgan fingerprint density at radius 2 is 1.87 bits per heavy atom. The second-order valence-corrected chi connectivity index (χ2v) is 6.75. The number of carbonyl (C=O) groups is 2. The first-order chi connectivity index (χ1) is 10.9. The van der Waals surface area contributed by atoms with E-state index in [0.717, 1.165) is 17.9 Å². The highest BCUT2D eigenvalue weighted by Crippen LogP contribution is 2.14. The lowest BCUT2D eigenvalue weighted by molar-refractivity contribution is -0.901. The molecule has 1 fully saturated rings. The van der Waals surface area contributed by atoms with E-state index in [1.54, 1.807) is 0 Å². The van der Waals surface area contributed by atoms with E-state index in [9.17, 15) is 9.59 Å². The van der Waals surface area contributed by atoms with Gasteiger partial charge in [-0.15, -0.1) is 0 Å². The molecule has 1 aromatic carbocycles. The number of carbonyl (C=O) groups excluding carboxylic acids is 2. The van der Waals surface area contributed by atoms with Gasteiger partial charge in [0, 0.05) is 5.56 Å². The summed E-state index contributed by atoms with van der Waals surface area (Å²) >= 11 is 0. The van der Waals surface area contributed by atoms with E-state index in [4.69, 9.17) is 0 Å². The third-order valence-corrected chi connectivity index (χ3v) is 4.26.